The maximum absolute atomic E-state index is 11.4. The average molecular weight is 268 g/mol. The lowest BCUT2D eigenvalue weighted by Gasteiger charge is -2.09. The maximum Gasteiger partial charge on any atom is 0.251 e. The minimum absolute atomic E-state index is 0.0640. The van der Waals surface area contributed by atoms with Crippen LogP contribution < -0.4 is 10.6 Å². The van der Waals surface area contributed by atoms with Gasteiger partial charge < -0.3 is 10.6 Å². The molecule has 0 fully saturated rings. The highest BCUT2D eigenvalue weighted by molar-refractivity contribution is 5.94. The SMILES string of the molecule is CNC(=O)c1ccc(NCc2cc(C)cc(C)c2)cc1. The fourth-order valence-electron chi connectivity index (χ4n) is 2.26. The van der Waals surface area contributed by atoms with Crippen molar-refractivity contribution >= 4 is 11.6 Å². The Hall–Kier alpha value is -2.29. The number of hydrogen-bond donors (Lipinski definition) is 2. The molecule has 0 saturated carbocycles. The molecular weight excluding hydrogens is 248 g/mol. The second kappa shape index (κ2) is 6.24. The zero-order valence-electron chi connectivity index (χ0n) is 12.2. The van der Waals surface area contributed by atoms with E-state index in [1.807, 2.05) is 24.3 Å². The molecule has 2 aromatic rings. The Labute approximate surface area is 120 Å². The van der Waals surface area contributed by atoms with Gasteiger partial charge in [0, 0.05) is 24.8 Å². The first-order valence-electron chi connectivity index (χ1n) is 6.71. The normalized spacial score (nSPS) is 10.2. The molecule has 2 aromatic carbocycles. The third-order valence-electron chi connectivity index (χ3n) is 3.15. The minimum Gasteiger partial charge on any atom is -0.381 e. The molecule has 0 saturated heterocycles. The Morgan fingerprint density at radius 3 is 2.15 bits per heavy atom. The first kappa shape index (κ1) is 14.1. The molecule has 2 rings (SSSR count). The summed E-state index contributed by atoms with van der Waals surface area (Å²) in [6.45, 7) is 4.99. The minimum atomic E-state index is -0.0640. The Morgan fingerprint density at radius 2 is 1.60 bits per heavy atom. The van der Waals surface area contributed by atoms with Crippen molar-refractivity contribution in [3.63, 3.8) is 0 Å². The second-order valence-corrected chi connectivity index (χ2v) is 5.01. The van der Waals surface area contributed by atoms with Gasteiger partial charge in [0.2, 0.25) is 0 Å². The van der Waals surface area contributed by atoms with Crippen molar-refractivity contribution in [3.8, 4) is 0 Å². The summed E-state index contributed by atoms with van der Waals surface area (Å²) < 4.78 is 0. The molecule has 0 bridgehead atoms. The van der Waals surface area contributed by atoms with Crippen LogP contribution in [0.2, 0.25) is 0 Å². The third kappa shape index (κ3) is 3.60. The Bertz CT molecular complexity index is 583. The van der Waals surface area contributed by atoms with Gasteiger partial charge in [-0.1, -0.05) is 29.3 Å². The van der Waals surface area contributed by atoms with Gasteiger partial charge in [0.1, 0.15) is 0 Å². The van der Waals surface area contributed by atoms with Crippen LogP contribution in [0.3, 0.4) is 0 Å². The number of nitrogens with one attached hydrogen (secondary N) is 2. The standard InChI is InChI=1S/C17H20N2O/c1-12-8-13(2)10-14(9-12)11-19-16-6-4-15(5-7-16)17(20)18-3/h4-10,19H,11H2,1-3H3,(H,18,20). The molecule has 1 amide bonds. The summed E-state index contributed by atoms with van der Waals surface area (Å²) in [6, 6.07) is 14.0. The lowest BCUT2D eigenvalue weighted by atomic mass is 10.1. The number of anilines is 1. The van der Waals surface area contributed by atoms with Crippen molar-refractivity contribution in [2.24, 2.45) is 0 Å². The Morgan fingerprint density at radius 1 is 1.00 bits per heavy atom. The van der Waals surface area contributed by atoms with E-state index in [4.69, 9.17) is 0 Å². The zero-order valence-corrected chi connectivity index (χ0v) is 12.2. The molecule has 0 spiro atoms. The van der Waals surface area contributed by atoms with Gasteiger partial charge in [-0.05, 0) is 43.7 Å². The topological polar surface area (TPSA) is 41.1 Å². The fraction of sp³-hybridized carbons (Fsp3) is 0.235. The zero-order chi connectivity index (χ0) is 14.5. The fourth-order valence-corrected chi connectivity index (χ4v) is 2.26. The van der Waals surface area contributed by atoms with Crippen LogP contribution in [0.5, 0.6) is 0 Å². The van der Waals surface area contributed by atoms with Gasteiger partial charge >= 0.3 is 0 Å². The van der Waals surface area contributed by atoms with E-state index in [2.05, 4.69) is 42.7 Å². The molecule has 0 unspecified atom stereocenters. The number of amides is 1. The van der Waals surface area contributed by atoms with E-state index in [1.165, 1.54) is 16.7 Å². The smallest absolute Gasteiger partial charge is 0.251 e. The predicted molar refractivity (Wildman–Crippen MR) is 83.1 cm³/mol. The van der Waals surface area contributed by atoms with E-state index in [-0.39, 0.29) is 5.91 Å². The van der Waals surface area contributed by atoms with Gasteiger partial charge in [-0.25, -0.2) is 0 Å². The van der Waals surface area contributed by atoms with Crippen LogP contribution in [0.4, 0.5) is 5.69 Å². The van der Waals surface area contributed by atoms with E-state index in [0.717, 1.165) is 12.2 Å². The molecule has 0 aliphatic carbocycles. The molecule has 3 heteroatoms. The summed E-state index contributed by atoms with van der Waals surface area (Å²) in [4.78, 5) is 11.4. The number of aryl methyl sites for hydroxylation is 2. The summed E-state index contributed by atoms with van der Waals surface area (Å²) in [5.41, 5.74) is 5.49. The number of carbonyl (C=O) groups excluding carboxylic acids is 1. The summed E-state index contributed by atoms with van der Waals surface area (Å²) >= 11 is 0. The number of hydrogen-bond acceptors (Lipinski definition) is 2. The van der Waals surface area contributed by atoms with E-state index < -0.39 is 0 Å². The van der Waals surface area contributed by atoms with E-state index in [1.54, 1.807) is 7.05 Å². The van der Waals surface area contributed by atoms with Gasteiger partial charge in [-0.15, -0.1) is 0 Å². The van der Waals surface area contributed by atoms with Crippen molar-refractivity contribution in [2.45, 2.75) is 20.4 Å². The molecule has 0 aliphatic rings. The molecule has 3 nitrogen and oxygen atoms in total. The molecule has 20 heavy (non-hydrogen) atoms. The van der Waals surface area contributed by atoms with Crippen LogP contribution in [-0.4, -0.2) is 13.0 Å². The van der Waals surface area contributed by atoms with Gasteiger partial charge in [-0.2, -0.15) is 0 Å². The number of carbonyl (C=O) groups is 1. The molecule has 104 valence electrons. The summed E-state index contributed by atoms with van der Waals surface area (Å²) in [5.74, 6) is -0.0640. The highest BCUT2D eigenvalue weighted by Crippen LogP contribution is 2.13. The van der Waals surface area contributed by atoms with Gasteiger partial charge in [-0.3, -0.25) is 4.79 Å². The summed E-state index contributed by atoms with van der Waals surface area (Å²) in [7, 11) is 1.63. The molecule has 0 aliphatic heterocycles. The number of rotatable bonds is 4. The van der Waals surface area contributed by atoms with Crippen LogP contribution >= 0.6 is 0 Å². The molecule has 0 atom stereocenters. The highest BCUT2D eigenvalue weighted by atomic mass is 16.1. The van der Waals surface area contributed by atoms with Gasteiger partial charge in [0.05, 0.1) is 0 Å². The van der Waals surface area contributed by atoms with Crippen LogP contribution in [-0.2, 0) is 6.54 Å². The average Bonchev–Trinajstić information content (AvgIpc) is 2.44. The van der Waals surface area contributed by atoms with E-state index >= 15 is 0 Å². The lowest BCUT2D eigenvalue weighted by Crippen LogP contribution is -2.17. The lowest BCUT2D eigenvalue weighted by molar-refractivity contribution is 0.0963. The molecule has 0 radical (unpaired) electrons. The second-order valence-electron chi connectivity index (χ2n) is 5.01. The van der Waals surface area contributed by atoms with Crippen molar-refractivity contribution in [1.29, 1.82) is 0 Å². The molecule has 0 aromatic heterocycles. The Balaban J connectivity index is 2.02. The van der Waals surface area contributed by atoms with Crippen LogP contribution in [0.1, 0.15) is 27.0 Å². The van der Waals surface area contributed by atoms with E-state index in [9.17, 15) is 4.79 Å². The highest BCUT2D eigenvalue weighted by Gasteiger charge is 2.02. The van der Waals surface area contributed by atoms with Gasteiger partial charge in [0.15, 0.2) is 0 Å². The first-order valence-corrected chi connectivity index (χ1v) is 6.71. The van der Waals surface area contributed by atoms with Crippen LogP contribution in [0, 0.1) is 13.8 Å². The van der Waals surface area contributed by atoms with Gasteiger partial charge in [0.25, 0.3) is 5.91 Å². The maximum atomic E-state index is 11.4. The summed E-state index contributed by atoms with van der Waals surface area (Å²) in [5, 5.41) is 5.98. The summed E-state index contributed by atoms with van der Waals surface area (Å²) in [6.07, 6.45) is 0. The van der Waals surface area contributed by atoms with Crippen molar-refractivity contribution in [3.05, 3.63) is 64.7 Å². The molecule has 0 heterocycles. The van der Waals surface area contributed by atoms with Crippen LogP contribution in [0.15, 0.2) is 42.5 Å². The number of benzene rings is 2. The molecular formula is C17H20N2O. The quantitative estimate of drug-likeness (QED) is 0.893. The monoisotopic (exact) mass is 268 g/mol. The predicted octanol–water partition coefficient (Wildman–Crippen LogP) is 3.28. The van der Waals surface area contributed by atoms with Crippen molar-refractivity contribution in [1.82, 2.24) is 5.32 Å². The molecule has 2 N–H and O–H groups in total. The van der Waals surface area contributed by atoms with Crippen molar-refractivity contribution < 1.29 is 4.79 Å². The Kier molecular flexibility index (Phi) is 4.41. The third-order valence-corrected chi connectivity index (χ3v) is 3.15. The van der Waals surface area contributed by atoms with Crippen molar-refractivity contribution in [2.75, 3.05) is 12.4 Å². The van der Waals surface area contributed by atoms with E-state index in [0.29, 0.717) is 5.56 Å². The first-order chi connectivity index (χ1) is 9.58. The largest absolute Gasteiger partial charge is 0.381 e. The van der Waals surface area contributed by atoms with Crippen LogP contribution in [0.25, 0.3) is 0 Å².